The summed E-state index contributed by atoms with van der Waals surface area (Å²) in [6.07, 6.45) is 0. The van der Waals surface area contributed by atoms with E-state index in [1.165, 1.54) is 0 Å². The van der Waals surface area contributed by atoms with E-state index in [1.807, 2.05) is 0 Å². The van der Waals surface area contributed by atoms with E-state index in [0.717, 1.165) is 19.2 Å². The molecule has 3 rings (SSSR count). The van der Waals surface area contributed by atoms with Crippen LogP contribution in [-0.4, -0.2) is 34.3 Å². The second-order valence-electron chi connectivity index (χ2n) is 4.93. The molecule has 2 N–H and O–H groups in total. The standard InChI is InChI=1S/C14H10N2O7/c1-23-14(22)9(4-17)16-12(20)7-2-5-6(3-8(7)13(16)21)11(19)15-10(5)18/h2-3,9,17H,4H2,1H3,(H,15,18,19). The van der Waals surface area contributed by atoms with Gasteiger partial charge in [-0.05, 0) is 12.1 Å². The topological polar surface area (TPSA) is 136 Å². The van der Waals surface area contributed by atoms with E-state index < -0.39 is 40.9 Å². The fourth-order valence-corrected chi connectivity index (χ4v) is 2.60. The molecule has 2 aromatic heterocycles. The van der Waals surface area contributed by atoms with Crippen molar-refractivity contribution in [3.63, 3.8) is 0 Å². The number of aromatic amines is 1. The minimum absolute atomic E-state index is 0.0182. The summed E-state index contributed by atoms with van der Waals surface area (Å²) in [5, 5.41) is 9.03. The maximum atomic E-state index is 12.4. The number of carbonyl (C=O) groups excluding carboxylic acids is 1. The van der Waals surface area contributed by atoms with Gasteiger partial charge >= 0.3 is 5.97 Å². The van der Waals surface area contributed by atoms with E-state index in [1.54, 1.807) is 0 Å². The van der Waals surface area contributed by atoms with E-state index in [2.05, 4.69) is 9.72 Å². The number of aliphatic hydroxyl groups excluding tert-OH is 1. The Hall–Kier alpha value is -3.07. The molecule has 1 unspecified atom stereocenters. The Bertz CT molecular complexity index is 1070. The fraction of sp³-hybridized carbons (Fsp3) is 0.214. The monoisotopic (exact) mass is 318 g/mol. The molecule has 0 fully saturated rings. The minimum Gasteiger partial charge on any atom is -0.467 e. The van der Waals surface area contributed by atoms with Crippen LogP contribution in [0.1, 0.15) is 6.04 Å². The Balaban J connectivity index is 2.45. The molecule has 0 bridgehead atoms. The summed E-state index contributed by atoms with van der Waals surface area (Å²) >= 11 is 0. The molecular weight excluding hydrogens is 308 g/mol. The molecule has 0 aliphatic rings. The van der Waals surface area contributed by atoms with Crippen LogP contribution in [0, 0.1) is 0 Å². The van der Waals surface area contributed by atoms with Crippen LogP contribution in [0.2, 0.25) is 0 Å². The van der Waals surface area contributed by atoms with Gasteiger partial charge in [-0.15, -0.1) is 0 Å². The average molecular weight is 318 g/mol. The number of benzene rings is 1. The van der Waals surface area contributed by atoms with Gasteiger partial charge in [0, 0.05) is 0 Å². The van der Waals surface area contributed by atoms with Gasteiger partial charge in [0.2, 0.25) is 0 Å². The Morgan fingerprint density at radius 3 is 1.96 bits per heavy atom. The highest BCUT2D eigenvalue weighted by Gasteiger charge is 2.27. The van der Waals surface area contributed by atoms with Crippen molar-refractivity contribution in [1.82, 2.24) is 9.55 Å². The lowest BCUT2D eigenvalue weighted by atomic mass is 10.1. The Kier molecular flexibility index (Phi) is 3.22. The van der Waals surface area contributed by atoms with Crippen molar-refractivity contribution in [2.45, 2.75) is 6.04 Å². The molecule has 0 radical (unpaired) electrons. The maximum Gasteiger partial charge on any atom is 0.331 e. The molecule has 23 heavy (non-hydrogen) atoms. The van der Waals surface area contributed by atoms with Gasteiger partial charge in [-0.2, -0.15) is 0 Å². The molecule has 0 saturated heterocycles. The molecule has 1 atom stereocenters. The van der Waals surface area contributed by atoms with E-state index in [4.69, 9.17) is 0 Å². The molecule has 0 amide bonds. The van der Waals surface area contributed by atoms with Crippen LogP contribution in [0.5, 0.6) is 0 Å². The predicted molar refractivity (Wildman–Crippen MR) is 79.4 cm³/mol. The van der Waals surface area contributed by atoms with Gasteiger partial charge in [0.15, 0.2) is 6.04 Å². The zero-order valence-electron chi connectivity index (χ0n) is 11.8. The number of nitrogens with zero attached hydrogens (tertiary/aromatic N) is 1. The lowest BCUT2D eigenvalue weighted by molar-refractivity contribution is -0.146. The molecule has 0 aliphatic carbocycles. The first-order valence-corrected chi connectivity index (χ1v) is 6.51. The van der Waals surface area contributed by atoms with Crippen molar-refractivity contribution in [3.8, 4) is 0 Å². The first-order valence-electron chi connectivity index (χ1n) is 6.51. The summed E-state index contributed by atoms with van der Waals surface area (Å²) in [6, 6.07) is 0.778. The number of carbonyl (C=O) groups is 1. The maximum absolute atomic E-state index is 12.4. The molecule has 9 heteroatoms. The normalized spacial score (nSPS) is 12.8. The molecule has 0 aliphatic heterocycles. The van der Waals surface area contributed by atoms with Crippen molar-refractivity contribution in [1.29, 1.82) is 0 Å². The lowest BCUT2D eigenvalue weighted by Gasteiger charge is -2.11. The van der Waals surface area contributed by atoms with Gasteiger partial charge in [-0.1, -0.05) is 0 Å². The number of H-pyrrole nitrogens is 1. The van der Waals surface area contributed by atoms with Crippen LogP contribution in [0.25, 0.3) is 21.5 Å². The first kappa shape index (κ1) is 14.9. The van der Waals surface area contributed by atoms with Crippen molar-refractivity contribution in [2.24, 2.45) is 0 Å². The largest absolute Gasteiger partial charge is 0.467 e. The third-order valence-corrected chi connectivity index (χ3v) is 3.73. The lowest BCUT2D eigenvalue weighted by Crippen LogP contribution is -2.37. The van der Waals surface area contributed by atoms with E-state index in [9.17, 15) is 29.1 Å². The first-order chi connectivity index (χ1) is 10.9. The second-order valence-corrected chi connectivity index (χ2v) is 4.93. The number of aromatic nitrogens is 2. The van der Waals surface area contributed by atoms with Crippen LogP contribution in [0.4, 0.5) is 0 Å². The Morgan fingerprint density at radius 1 is 1.09 bits per heavy atom. The molecule has 9 nitrogen and oxygen atoms in total. The summed E-state index contributed by atoms with van der Waals surface area (Å²) < 4.78 is 5.03. The van der Waals surface area contributed by atoms with Gasteiger partial charge in [-0.25, -0.2) is 4.79 Å². The molecule has 118 valence electrons. The summed E-state index contributed by atoms with van der Waals surface area (Å²) in [7, 11) is 1.06. The van der Waals surface area contributed by atoms with Crippen LogP contribution in [0.3, 0.4) is 0 Å². The van der Waals surface area contributed by atoms with Gasteiger partial charge in [0.1, 0.15) is 0 Å². The number of hydrogen-bond acceptors (Lipinski definition) is 7. The van der Waals surface area contributed by atoms with Gasteiger partial charge in [-0.3, -0.25) is 28.7 Å². The van der Waals surface area contributed by atoms with Gasteiger partial charge in [0.25, 0.3) is 22.2 Å². The average Bonchev–Trinajstić information content (AvgIpc) is 2.95. The summed E-state index contributed by atoms with van der Waals surface area (Å²) in [5.74, 6) is -0.955. The van der Waals surface area contributed by atoms with Crippen LogP contribution in [0.15, 0.2) is 31.3 Å². The fourth-order valence-electron chi connectivity index (χ4n) is 2.60. The van der Waals surface area contributed by atoms with E-state index in [0.29, 0.717) is 4.57 Å². The molecule has 0 spiro atoms. The third kappa shape index (κ3) is 1.94. The van der Waals surface area contributed by atoms with Gasteiger partial charge < -0.3 is 9.84 Å². The van der Waals surface area contributed by atoms with Crippen molar-refractivity contribution < 1.29 is 14.6 Å². The number of nitrogens with one attached hydrogen (secondary N) is 1. The highest BCUT2D eigenvalue weighted by Crippen LogP contribution is 2.15. The molecule has 1 aromatic carbocycles. The quantitative estimate of drug-likeness (QED) is 0.541. The smallest absolute Gasteiger partial charge is 0.331 e. The summed E-state index contributed by atoms with van der Waals surface area (Å²) in [4.78, 5) is 61.7. The van der Waals surface area contributed by atoms with Gasteiger partial charge in [0.05, 0.1) is 35.3 Å². The molecule has 3 aromatic rings. The number of rotatable bonds is 3. The number of fused-ring (bicyclic) bond motifs is 2. The number of aliphatic hydroxyl groups is 1. The number of ether oxygens (including phenoxy) is 1. The third-order valence-electron chi connectivity index (χ3n) is 3.73. The number of esters is 1. The molecule has 0 saturated carbocycles. The Labute approximate surface area is 126 Å². The highest BCUT2D eigenvalue weighted by molar-refractivity contribution is 5.97. The summed E-state index contributed by atoms with van der Waals surface area (Å²) in [5.41, 5.74) is -3.02. The Morgan fingerprint density at radius 2 is 1.57 bits per heavy atom. The number of hydrogen-bond donors (Lipinski definition) is 2. The predicted octanol–water partition coefficient (Wildman–Crippen LogP) is -1.85. The molecular formula is C14H10N2O7. The van der Waals surface area contributed by atoms with Crippen molar-refractivity contribution >= 4 is 27.5 Å². The SMILES string of the molecule is COC(=O)C(CO)n1c(=O)c2cc3c(=O)[nH]c(=O)c3cc2c1=O. The second kappa shape index (κ2) is 4.99. The number of methoxy groups -OCH3 is 1. The van der Waals surface area contributed by atoms with Crippen LogP contribution in [-0.2, 0) is 9.53 Å². The van der Waals surface area contributed by atoms with E-state index >= 15 is 0 Å². The summed E-state index contributed by atoms with van der Waals surface area (Å²) in [6.45, 7) is -0.808. The molecule has 2 heterocycles. The van der Waals surface area contributed by atoms with Crippen molar-refractivity contribution in [2.75, 3.05) is 13.7 Å². The van der Waals surface area contributed by atoms with Crippen LogP contribution >= 0.6 is 0 Å². The van der Waals surface area contributed by atoms with E-state index in [-0.39, 0.29) is 21.5 Å². The van der Waals surface area contributed by atoms with Crippen molar-refractivity contribution in [3.05, 3.63) is 53.5 Å². The minimum atomic E-state index is -1.49. The zero-order valence-corrected chi connectivity index (χ0v) is 11.8. The zero-order chi connectivity index (χ0) is 16.9. The highest BCUT2D eigenvalue weighted by atomic mass is 16.5. The van der Waals surface area contributed by atoms with Crippen LogP contribution < -0.4 is 22.2 Å².